The van der Waals surface area contributed by atoms with Crippen molar-refractivity contribution in [1.29, 1.82) is 0 Å². The highest BCUT2D eigenvalue weighted by atomic mass is 32.1. The van der Waals surface area contributed by atoms with Crippen LogP contribution in [0.2, 0.25) is 0 Å². The second-order valence-corrected chi connectivity index (χ2v) is 6.55. The third-order valence-corrected chi connectivity index (χ3v) is 4.70. The minimum absolute atomic E-state index is 0.0888. The largest absolute Gasteiger partial charge is 0.352 e. The number of amides is 2. The van der Waals surface area contributed by atoms with Crippen LogP contribution in [0.5, 0.6) is 0 Å². The second kappa shape index (κ2) is 8.07. The fourth-order valence-corrected chi connectivity index (χ4v) is 3.15. The van der Waals surface area contributed by atoms with Crippen molar-refractivity contribution < 1.29 is 9.59 Å². The number of rotatable bonds is 4. The summed E-state index contributed by atoms with van der Waals surface area (Å²) in [7, 11) is 0. The molecule has 3 rings (SSSR count). The monoisotopic (exact) mass is 355 g/mol. The smallest absolute Gasteiger partial charge is 0.254 e. The van der Waals surface area contributed by atoms with E-state index in [1.807, 2.05) is 29.2 Å². The van der Waals surface area contributed by atoms with Gasteiger partial charge in [0.1, 0.15) is 4.64 Å². The van der Waals surface area contributed by atoms with Crippen molar-refractivity contribution in [2.75, 3.05) is 13.1 Å². The Labute approximate surface area is 152 Å². The van der Waals surface area contributed by atoms with Gasteiger partial charge >= 0.3 is 0 Å². The number of hydrogen-bond donors (Lipinski definition) is 2. The molecule has 0 saturated carbocycles. The molecule has 1 fully saturated rings. The molecule has 0 aliphatic carbocycles. The summed E-state index contributed by atoms with van der Waals surface area (Å²) in [5, 5.41) is 2.85. The molecule has 0 unspecified atom stereocenters. The molecule has 0 atom stereocenters. The van der Waals surface area contributed by atoms with Gasteiger partial charge in [0.2, 0.25) is 0 Å². The standard InChI is InChI=1S/C19H21N3O2S/c23-17(16-5-4-10-20-18(16)25)21-13-14-6-8-15(9-7-14)19(24)22-11-2-1-3-12-22/h4-10H,1-3,11-13H2,(H,20,25)(H,21,23). The van der Waals surface area contributed by atoms with Gasteiger partial charge in [0, 0.05) is 31.4 Å². The number of nitrogens with one attached hydrogen (secondary N) is 2. The summed E-state index contributed by atoms with van der Waals surface area (Å²) in [5.41, 5.74) is 2.09. The number of aromatic nitrogens is 1. The summed E-state index contributed by atoms with van der Waals surface area (Å²) in [6.45, 7) is 2.07. The van der Waals surface area contributed by atoms with Gasteiger partial charge in [0.25, 0.3) is 11.8 Å². The van der Waals surface area contributed by atoms with Crippen molar-refractivity contribution in [3.05, 3.63) is 63.9 Å². The number of aromatic amines is 1. The van der Waals surface area contributed by atoms with E-state index in [0.717, 1.165) is 31.5 Å². The van der Waals surface area contributed by atoms with Gasteiger partial charge in [-0.15, -0.1) is 0 Å². The molecule has 25 heavy (non-hydrogen) atoms. The van der Waals surface area contributed by atoms with E-state index in [1.165, 1.54) is 6.42 Å². The molecular weight excluding hydrogens is 334 g/mol. The van der Waals surface area contributed by atoms with Crippen molar-refractivity contribution in [3.8, 4) is 0 Å². The molecule has 0 bridgehead atoms. The quantitative estimate of drug-likeness (QED) is 0.827. The molecule has 6 heteroatoms. The van der Waals surface area contributed by atoms with Gasteiger partial charge in [-0.25, -0.2) is 0 Å². The highest BCUT2D eigenvalue weighted by molar-refractivity contribution is 7.71. The molecule has 2 N–H and O–H groups in total. The molecule has 2 amide bonds. The summed E-state index contributed by atoms with van der Waals surface area (Å²) >= 11 is 5.11. The molecule has 130 valence electrons. The fourth-order valence-electron chi connectivity index (χ4n) is 2.92. The molecule has 5 nitrogen and oxygen atoms in total. The zero-order valence-corrected chi connectivity index (χ0v) is 14.8. The third-order valence-electron chi connectivity index (χ3n) is 4.36. The number of piperidine rings is 1. The zero-order chi connectivity index (χ0) is 17.6. The van der Waals surface area contributed by atoms with Crippen molar-refractivity contribution in [2.45, 2.75) is 25.8 Å². The Bertz CT molecular complexity index is 808. The first-order chi connectivity index (χ1) is 12.1. The van der Waals surface area contributed by atoms with Gasteiger partial charge in [-0.05, 0) is 49.1 Å². The highest BCUT2D eigenvalue weighted by Gasteiger charge is 2.17. The van der Waals surface area contributed by atoms with Crippen LogP contribution in [-0.2, 0) is 6.54 Å². The molecule has 2 heterocycles. The van der Waals surface area contributed by atoms with Crippen LogP contribution >= 0.6 is 12.2 Å². The van der Waals surface area contributed by atoms with Gasteiger partial charge in [0.15, 0.2) is 0 Å². The normalized spacial score (nSPS) is 14.2. The number of benzene rings is 1. The van der Waals surface area contributed by atoms with E-state index in [4.69, 9.17) is 12.2 Å². The molecule has 1 aliphatic heterocycles. The number of H-pyrrole nitrogens is 1. The topological polar surface area (TPSA) is 65.2 Å². The van der Waals surface area contributed by atoms with Crippen LogP contribution in [0.15, 0.2) is 42.6 Å². The molecule has 1 aliphatic rings. The Morgan fingerprint density at radius 2 is 1.80 bits per heavy atom. The van der Waals surface area contributed by atoms with E-state index in [9.17, 15) is 9.59 Å². The third kappa shape index (κ3) is 4.33. The Hall–Kier alpha value is -2.47. The lowest BCUT2D eigenvalue weighted by Crippen LogP contribution is -2.35. The van der Waals surface area contributed by atoms with Gasteiger partial charge < -0.3 is 15.2 Å². The lowest BCUT2D eigenvalue weighted by molar-refractivity contribution is 0.0724. The summed E-state index contributed by atoms with van der Waals surface area (Å²) in [5.74, 6) is -0.124. The minimum atomic E-state index is -0.213. The first-order valence-corrected chi connectivity index (χ1v) is 8.90. The van der Waals surface area contributed by atoms with Gasteiger partial charge in [-0.2, -0.15) is 0 Å². The molecule has 1 saturated heterocycles. The number of pyridine rings is 1. The van der Waals surface area contributed by atoms with Crippen LogP contribution in [-0.4, -0.2) is 34.8 Å². The fraction of sp³-hybridized carbons (Fsp3) is 0.316. The summed E-state index contributed by atoms with van der Waals surface area (Å²) in [4.78, 5) is 29.4. The van der Waals surface area contributed by atoms with Gasteiger partial charge in [0.05, 0.1) is 5.56 Å². The number of nitrogens with zero attached hydrogens (tertiary/aromatic N) is 1. The average molecular weight is 355 g/mol. The van der Waals surface area contributed by atoms with E-state index < -0.39 is 0 Å². The Balaban J connectivity index is 1.59. The van der Waals surface area contributed by atoms with Crippen LogP contribution in [0.1, 0.15) is 45.5 Å². The zero-order valence-electron chi connectivity index (χ0n) is 14.0. The van der Waals surface area contributed by atoms with E-state index in [-0.39, 0.29) is 11.8 Å². The van der Waals surface area contributed by atoms with E-state index >= 15 is 0 Å². The first-order valence-electron chi connectivity index (χ1n) is 8.49. The Kier molecular flexibility index (Phi) is 5.60. The molecule has 2 aromatic rings. The summed E-state index contributed by atoms with van der Waals surface area (Å²) < 4.78 is 0.419. The van der Waals surface area contributed by atoms with Crippen LogP contribution in [0.4, 0.5) is 0 Å². The van der Waals surface area contributed by atoms with Crippen LogP contribution in [0.3, 0.4) is 0 Å². The second-order valence-electron chi connectivity index (χ2n) is 6.15. The SMILES string of the molecule is O=C(NCc1ccc(C(=O)N2CCCCC2)cc1)c1ccc[nH]c1=S. The van der Waals surface area contributed by atoms with Gasteiger partial charge in [-0.3, -0.25) is 9.59 Å². The average Bonchev–Trinajstić information content (AvgIpc) is 2.67. The summed E-state index contributed by atoms with van der Waals surface area (Å²) in [6, 6.07) is 10.8. The Morgan fingerprint density at radius 1 is 1.08 bits per heavy atom. The van der Waals surface area contributed by atoms with Gasteiger partial charge in [-0.1, -0.05) is 24.4 Å². The lowest BCUT2D eigenvalue weighted by atomic mass is 10.1. The maximum absolute atomic E-state index is 12.4. The lowest BCUT2D eigenvalue weighted by Gasteiger charge is -2.26. The maximum Gasteiger partial charge on any atom is 0.254 e. The number of hydrogen-bond acceptors (Lipinski definition) is 3. The minimum Gasteiger partial charge on any atom is -0.352 e. The van der Waals surface area contributed by atoms with Crippen LogP contribution < -0.4 is 5.32 Å². The number of carbonyl (C=O) groups excluding carboxylic acids is 2. The summed E-state index contributed by atoms with van der Waals surface area (Å²) in [6.07, 6.45) is 5.06. The Morgan fingerprint density at radius 3 is 2.48 bits per heavy atom. The van der Waals surface area contributed by atoms with E-state index in [1.54, 1.807) is 18.3 Å². The van der Waals surface area contributed by atoms with Crippen molar-refractivity contribution in [1.82, 2.24) is 15.2 Å². The number of carbonyl (C=O) groups is 2. The van der Waals surface area contributed by atoms with E-state index in [2.05, 4.69) is 10.3 Å². The van der Waals surface area contributed by atoms with Crippen LogP contribution in [0.25, 0.3) is 0 Å². The van der Waals surface area contributed by atoms with E-state index in [0.29, 0.717) is 22.3 Å². The molecular formula is C19H21N3O2S. The molecule has 0 radical (unpaired) electrons. The van der Waals surface area contributed by atoms with Crippen molar-refractivity contribution >= 4 is 24.0 Å². The first kappa shape index (κ1) is 17.4. The maximum atomic E-state index is 12.4. The highest BCUT2D eigenvalue weighted by Crippen LogP contribution is 2.14. The predicted octanol–water partition coefficient (Wildman–Crippen LogP) is 3.30. The van der Waals surface area contributed by atoms with Crippen LogP contribution in [0, 0.1) is 4.64 Å². The predicted molar refractivity (Wildman–Crippen MR) is 99.0 cm³/mol. The van der Waals surface area contributed by atoms with Crippen molar-refractivity contribution in [3.63, 3.8) is 0 Å². The molecule has 1 aromatic carbocycles. The molecule has 0 spiro atoms. The van der Waals surface area contributed by atoms with Crippen molar-refractivity contribution in [2.24, 2.45) is 0 Å². The molecule has 1 aromatic heterocycles. The number of likely N-dealkylation sites (tertiary alicyclic amines) is 1.